The van der Waals surface area contributed by atoms with Gasteiger partial charge in [0, 0.05) is 29.2 Å². The van der Waals surface area contributed by atoms with Gasteiger partial charge in [-0.15, -0.1) is 11.8 Å². The third-order valence-electron chi connectivity index (χ3n) is 5.02. The Labute approximate surface area is 168 Å². The molecule has 1 N–H and O–H groups in total. The van der Waals surface area contributed by atoms with Crippen molar-refractivity contribution >= 4 is 50.0 Å². The molecule has 0 spiro atoms. The maximum atomic E-state index is 12.7. The van der Waals surface area contributed by atoms with Gasteiger partial charge in [-0.05, 0) is 61.4 Å². The first-order valence-corrected chi connectivity index (χ1v) is 11.3. The Morgan fingerprint density at radius 3 is 2.81 bits per heavy atom. The molecule has 0 bridgehead atoms. The van der Waals surface area contributed by atoms with Gasteiger partial charge in [0.1, 0.15) is 0 Å². The number of thioether (sulfide) groups is 1. The SMILES string of the molecule is CSc1cccc(NC(=O)c2ccc3nc(N4CCC(C)CC4)sc3c2)c1. The summed E-state index contributed by atoms with van der Waals surface area (Å²) in [6.45, 7) is 4.45. The fourth-order valence-corrected chi connectivity index (χ4v) is 4.81. The summed E-state index contributed by atoms with van der Waals surface area (Å²) in [5, 5.41) is 4.07. The van der Waals surface area contributed by atoms with Gasteiger partial charge in [0.05, 0.1) is 10.2 Å². The summed E-state index contributed by atoms with van der Waals surface area (Å²) in [6.07, 6.45) is 4.47. The molecule has 2 heterocycles. The first-order valence-electron chi connectivity index (χ1n) is 9.23. The molecule has 0 radical (unpaired) electrons. The average molecular weight is 398 g/mol. The van der Waals surface area contributed by atoms with Crippen LogP contribution in [0.5, 0.6) is 0 Å². The van der Waals surface area contributed by atoms with Gasteiger partial charge in [0.2, 0.25) is 0 Å². The van der Waals surface area contributed by atoms with Crippen molar-refractivity contribution in [3.63, 3.8) is 0 Å². The van der Waals surface area contributed by atoms with Crippen LogP contribution in [-0.4, -0.2) is 30.2 Å². The van der Waals surface area contributed by atoms with Crippen LogP contribution in [0.2, 0.25) is 0 Å². The van der Waals surface area contributed by atoms with Crippen LogP contribution >= 0.6 is 23.1 Å². The van der Waals surface area contributed by atoms with Gasteiger partial charge in [-0.25, -0.2) is 4.98 Å². The molecule has 0 aliphatic carbocycles. The first-order chi connectivity index (χ1) is 13.1. The van der Waals surface area contributed by atoms with E-state index in [0.717, 1.165) is 44.9 Å². The molecule has 1 aliphatic heterocycles. The monoisotopic (exact) mass is 397 g/mol. The standard InChI is InChI=1S/C21H23N3OS2/c1-14-8-10-24(11-9-14)21-23-18-7-6-15(12-19(18)27-21)20(25)22-16-4-3-5-17(13-16)26-2/h3-7,12-14H,8-11H2,1-2H3,(H,22,25). The molecule has 1 saturated heterocycles. The van der Waals surface area contributed by atoms with Crippen LogP contribution in [0, 0.1) is 5.92 Å². The van der Waals surface area contributed by atoms with E-state index in [-0.39, 0.29) is 5.91 Å². The highest BCUT2D eigenvalue weighted by atomic mass is 32.2. The Kier molecular flexibility index (Phi) is 5.36. The smallest absolute Gasteiger partial charge is 0.255 e. The van der Waals surface area contributed by atoms with Gasteiger partial charge in [0.15, 0.2) is 5.13 Å². The first kappa shape index (κ1) is 18.3. The summed E-state index contributed by atoms with van der Waals surface area (Å²) < 4.78 is 1.06. The second kappa shape index (κ2) is 7.90. The van der Waals surface area contributed by atoms with Crippen molar-refractivity contribution in [2.45, 2.75) is 24.7 Å². The quantitative estimate of drug-likeness (QED) is 0.590. The highest BCUT2D eigenvalue weighted by Crippen LogP contribution is 2.32. The van der Waals surface area contributed by atoms with Crippen molar-refractivity contribution in [2.75, 3.05) is 29.6 Å². The van der Waals surface area contributed by atoms with E-state index >= 15 is 0 Å². The lowest BCUT2D eigenvalue weighted by molar-refractivity contribution is 0.102. The van der Waals surface area contributed by atoms with Gasteiger partial charge < -0.3 is 10.2 Å². The topological polar surface area (TPSA) is 45.2 Å². The van der Waals surface area contributed by atoms with E-state index in [2.05, 4.69) is 17.1 Å². The number of carbonyl (C=O) groups excluding carboxylic acids is 1. The third-order valence-corrected chi connectivity index (χ3v) is 6.83. The number of benzene rings is 2. The van der Waals surface area contributed by atoms with E-state index in [0.29, 0.717) is 5.56 Å². The van der Waals surface area contributed by atoms with Gasteiger partial charge in [0.25, 0.3) is 5.91 Å². The van der Waals surface area contributed by atoms with E-state index < -0.39 is 0 Å². The van der Waals surface area contributed by atoms with Crippen LogP contribution in [0.4, 0.5) is 10.8 Å². The highest BCUT2D eigenvalue weighted by Gasteiger charge is 2.19. The lowest BCUT2D eigenvalue weighted by atomic mass is 10.00. The fraction of sp³-hybridized carbons (Fsp3) is 0.333. The summed E-state index contributed by atoms with van der Waals surface area (Å²) in [6, 6.07) is 13.7. The maximum Gasteiger partial charge on any atom is 0.255 e. The number of amides is 1. The van der Waals surface area contributed by atoms with E-state index in [4.69, 9.17) is 4.98 Å². The lowest BCUT2D eigenvalue weighted by Crippen LogP contribution is -2.32. The summed E-state index contributed by atoms with van der Waals surface area (Å²) in [4.78, 5) is 20.9. The molecule has 0 unspecified atom stereocenters. The zero-order valence-corrected chi connectivity index (χ0v) is 17.2. The van der Waals surface area contributed by atoms with Crippen LogP contribution < -0.4 is 10.2 Å². The molecule has 0 saturated carbocycles. The summed E-state index contributed by atoms with van der Waals surface area (Å²) in [5.41, 5.74) is 2.45. The van der Waals surface area contributed by atoms with Crippen LogP contribution in [0.15, 0.2) is 47.4 Å². The van der Waals surface area contributed by atoms with Crippen molar-refractivity contribution < 1.29 is 4.79 Å². The Hall–Kier alpha value is -2.05. The average Bonchev–Trinajstić information content (AvgIpc) is 3.12. The third kappa shape index (κ3) is 4.12. The number of nitrogens with zero attached hydrogens (tertiary/aromatic N) is 2. The van der Waals surface area contributed by atoms with E-state index in [1.807, 2.05) is 48.7 Å². The minimum atomic E-state index is -0.0862. The molecule has 1 fully saturated rings. The number of carbonyl (C=O) groups is 1. The largest absolute Gasteiger partial charge is 0.348 e. The zero-order valence-electron chi connectivity index (χ0n) is 15.6. The Bertz CT molecular complexity index is 961. The van der Waals surface area contributed by atoms with Crippen molar-refractivity contribution in [2.24, 2.45) is 5.92 Å². The normalized spacial score (nSPS) is 15.3. The Morgan fingerprint density at radius 2 is 2.04 bits per heavy atom. The number of aromatic nitrogens is 1. The van der Waals surface area contributed by atoms with Gasteiger partial charge in [-0.3, -0.25) is 4.79 Å². The molecular weight excluding hydrogens is 374 g/mol. The second-order valence-electron chi connectivity index (χ2n) is 7.03. The van der Waals surface area contributed by atoms with Crippen molar-refractivity contribution in [3.8, 4) is 0 Å². The van der Waals surface area contributed by atoms with E-state index in [9.17, 15) is 4.79 Å². The molecule has 2 aromatic carbocycles. The number of fused-ring (bicyclic) bond motifs is 1. The lowest BCUT2D eigenvalue weighted by Gasteiger charge is -2.29. The Balaban J connectivity index is 1.53. The number of nitrogens with one attached hydrogen (secondary N) is 1. The molecule has 4 rings (SSSR count). The van der Waals surface area contributed by atoms with Crippen LogP contribution in [0.3, 0.4) is 0 Å². The summed E-state index contributed by atoms with van der Waals surface area (Å²) in [7, 11) is 0. The number of thiazole rings is 1. The van der Waals surface area contributed by atoms with Crippen LogP contribution in [0.25, 0.3) is 10.2 Å². The number of hydrogen-bond donors (Lipinski definition) is 1. The van der Waals surface area contributed by atoms with Gasteiger partial charge in [-0.1, -0.05) is 24.3 Å². The fourth-order valence-electron chi connectivity index (χ4n) is 3.29. The van der Waals surface area contributed by atoms with Crippen molar-refractivity contribution in [3.05, 3.63) is 48.0 Å². The molecule has 27 heavy (non-hydrogen) atoms. The summed E-state index contributed by atoms with van der Waals surface area (Å²) in [5.74, 6) is 0.715. The Morgan fingerprint density at radius 1 is 1.22 bits per heavy atom. The predicted octanol–water partition coefficient (Wildman–Crippen LogP) is 5.51. The number of piperidine rings is 1. The van der Waals surface area contributed by atoms with Crippen molar-refractivity contribution in [1.82, 2.24) is 4.98 Å². The van der Waals surface area contributed by atoms with E-state index in [1.54, 1.807) is 23.1 Å². The molecule has 4 nitrogen and oxygen atoms in total. The molecule has 140 valence electrons. The molecule has 1 aliphatic rings. The van der Waals surface area contributed by atoms with Gasteiger partial charge in [-0.2, -0.15) is 0 Å². The minimum Gasteiger partial charge on any atom is -0.348 e. The molecule has 1 amide bonds. The maximum absolute atomic E-state index is 12.7. The molecule has 6 heteroatoms. The van der Waals surface area contributed by atoms with E-state index in [1.165, 1.54) is 12.8 Å². The summed E-state index contributed by atoms with van der Waals surface area (Å²) >= 11 is 3.34. The van der Waals surface area contributed by atoms with Crippen molar-refractivity contribution in [1.29, 1.82) is 0 Å². The van der Waals surface area contributed by atoms with Crippen LogP contribution in [0.1, 0.15) is 30.1 Å². The number of hydrogen-bond acceptors (Lipinski definition) is 5. The molecule has 1 aromatic heterocycles. The number of rotatable bonds is 4. The zero-order chi connectivity index (χ0) is 18.8. The van der Waals surface area contributed by atoms with Gasteiger partial charge >= 0.3 is 0 Å². The minimum absolute atomic E-state index is 0.0862. The van der Waals surface area contributed by atoms with Crippen LogP contribution in [-0.2, 0) is 0 Å². The molecule has 0 atom stereocenters. The second-order valence-corrected chi connectivity index (χ2v) is 8.92. The molecular formula is C21H23N3OS2. The highest BCUT2D eigenvalue weighted by molar-refractivity contribution is 7.98. The predicted molar refractivity (Wildman–Crippen MR) is 116 cm³/mol. The molecule has 3 aromatic rings. The number of anilines is 2.